The number of benzene rings is 1. The minimum atomic E-state index is -1.59. The van der Waals surface area contributed by atoms with Crippen LogP contribution >= 0.6 is 0 Å². The van der Waals surface area contributed by atoms with Crippen molar-refractivity contribution in [1.29, 1.82) is 0 Å². The van der Waals surface area contributed by atoms with Crippen LogP contribution < -0.4 is 4.74 Å². The zero-order valence-corrected chi connectivity index (χ0v) is 20.7. The minimum Gasteiger partial charge on any atom is -0.423 e. The molecule has 3 aliphatic carbocycles. The quantitative estimate of drug-likeness (QED) is 0.162. The molecule has 0 N–H and O–H groups in total. The Kier molecular flexibility index (Phi) is 8.98. The van der Waals surface area contributed by atoms with Crippen LogP contribution in [0.2, 0.25) is 0 Å². The maximum absolute atomic E-state index is 14.0. The Hall–Kier alpha value is -1.52. The number of ether oxygens (including phenoxy) is 1. The van der Waals surface area contributed by atoms with Crippen molar-refractivity contribution in [3.8, 4) is 5.75 Å². The highest BCUT2D eigenvalue weighted by Gasteiger charge is 2.43. The molecule has 0 heterocycles. The molecule has 1 aromatic rings. The topological polar surface area (TPSA) is 26.3 Å². The maximum Gasteiger partial charge on any atom is 0.314 e. The van der Waals surface area contributed by atoms with Crippen LogP contribution in [-0.4, -0.2) is 5.97 Å². The molecule has 0 saturated heterocycles. The fourth-order valence-corrected chi connectivity index (χ4v) is 7.30. The molecular formula is C29H41F3O2. The number of hydrogen-bond donors (Lipinski definition) is 0. The maximum atomic E-state index is 14.0. The molecule has 0 amide bonds. The average molecular weight is 479 g/mol. The summed E-state index contributed by atoms with van der Waals surface area (Å²) in [5.41, 5.74) is 0. The first kappa shape index (κ1) is 25.6. The zero-order valence-electron chi connectivity index (χ0n) is 20.7. The summed E-state index contributed by atoms with van der Waals surface area (Å²) in [6, 6.07) is 1.80. The molecule has 0 radical (unpaired) electrons. The zero-order chi connectivity index (χ0) is 24.1. The average Bonchev–Trinajstić information content (AvgIpc) is 2.86. The number of esters is 1. The number of carbonyl (C=O) groups is 1. The predicted molar refractivity (Wildman–Crippen MR) is 128 cm³/mol. The molecule has 4 rings (SSSR count). The highest BCUT2D eigenvalue weighted by Crippen LogP contribution is 2.50. The summed E-state index contributed by atoms with van der Waals surface area (Å²) in [7, 11) is 0. The van der Waals surface area contributed by atoms with Gasteiger partial charge in [-0.3, -0.25) is 4.79 Å². The molecule has 4 atom stereocenters. The van der Waals surface area contributed by atoms with E-state index in [-0.39, 0.29) is 11.8 Å². The number of rotatable bonds is 8. The lowest BCUT2D eigenvalue weighted by atomic mass is 9.59. The number of carbonyl (C=O) groups excluding carboxylic acids is 1. The summed E-state index contributed by atoms with van der Waals surface area (Å²) < 4.78 is 46.0. The van der Waals surface area contributed by atoms with Crippen LogP contribution in [0.5, 0.6) is 5.75 Å². The molecule has 0 bridgehead atoms. The highest BCUT2D eigenvalue weighted by atomic mass is 19.2. The van der Waals surface area contributed by atoms with E-state index in [1.54, 1.807) is 0 Å². The molecule has 3 aliphatic rings. The Morgan fingerprint density at radius 1 is 0.853 bits per heavy atom. The first-order chi connectivity index (χ1) is 16.5. The van der Waals surface area contributed by atoms with Gasteiger partial charge in [0.1, 0.15) is 0 Å². The molecule has 0 spiro atoms. The van der Waals surface area contributed by atoms with Gasteiger partial charge in [-0.1, -0.05) is 64.7 Å². The summed E-state index contributed by atoms with van der Waals surface area (Å²) in [5, 5.41) is 0. The SMILES string of the molecule is CCCCCCC1CCC(C2CCC3C(CCCC3C(=O)Oc3ccc(F)c(F)c3F)C2)CC1. The fourth-order valence-electron chi connectivity index (χ4n) is 7.30. The van der Waals surface area contributed by atoms with Gasteiger partial charge < -0.3 is 4.74 Å². The van der Waals surface area contributed by atoms with E-state index in [1.807, 2.05) is 0 Å². The first-order valence-corrected chi connectivity index (χ1v) is 13.8. The van der Waals surface area contributed by atoms with Gasteiger partial charge in [0, 0.05) is 0 Å². The van der Waals surface area contributed by atoms with Crippen LogP contribution in [0, 0.1) is 53.0 Å². The molecule has 4 unspecified atom stereocenters. The smallest absolute Gasteiger partial charge is 0.314 e. The summed E-state index contributed by atoms with van der Waals surface area (Å²) in [5.74, 6) is -2.26. The van der Waals surface area contributed by atoms with E-state index in [0.29, 0.717) is 5.92 Å². The number of hydrogen-bond acceptors (Lipinski definition) is 2. The Bertz CT molecular complexity index is 818. The molecule has 34 heavy (non-hydrogen) atoms. The van der Waals surface area contributed by atoms with E-state index in [4.69, 9.17) is 4.74 Å². The van der Waals surface area contributed by atoms with Crippen LogP contribution in [0.3, 0.4) is 0 Å². The van der Waals surface area contributed by atoms with Crippen molar-refractivity contribution in [1.82, 2.24) is 0 Å². The minimum absolute atomic E-state index is 0.265. The lowest BCUT2D eigenvalue weighted by Crippen LogP contribution is -2.40. The molecule has 3 saturated carbocycles. The second-order valence-corrected chi connectivity index (χ2v) is 11.3. The van der Waals surface area contributed by atoms with Crippen molar-refractivity contribution >= 4 is 5.97 Å². The third-order valence-electron chi connectivity index (χ3n) is 9.23. The van der Waals surface area contributed by atoms with Gasteiger partial charge >= 0.3 is 5.97 Å². The van der Waals surface area contributed by atoms with Gasteiger partial charge in [-0.05, 0) is 80.2 Å². The standard InChI is InChI=1S/C29H41F3O2/c1-2-3-4-5-7-19-10-12-20(13-11-19)21-14-15-23-22(18-21)8-6-9-24(23)29(33)34-26-17-16-25(30)27(31)28(26)32/h16-17,19-24H,2-15,18H2,1H3. The van der Waals surface area contributed by atoms with E-state index in [9.17, 15) is 18.0 Å². The van der Waals surface area contributed by atoms with Crippen molar-refractivity contribution in [3.63, 3.8) is 0 Å². The number of unbranched alkanes of at least 4 members (excludes halogenated alkanes) is 3. The van der Waals surface area contributed by atoms with Gasteiger partial charge in [0.2, 0.25) is 5.82 Å². The summed E-state index contributed by atoms with van der Waals surface area (Å²) in [6.07, 6.45) is 18.6. The number of halogens is 3. The van der Waals surface area contributed by atoms with Gasteiger partial charge in [-0.15, -0.1) is 0 Å². The second-order valence-electron chi connectivity index (χ2n) is 11.3. The van der Waals surface area contributed by atoms with E-state index in [1.165, 1.54) is 64.2 Å². The second kappa shape index (κ2) is 11.9. The third-order valence-corrected chi connectivity index (χ3v) is 9.23. The Morgan fingerprint density at radius 2 is 1.62 bits per heavy atom. The fraction of sp³-hybridized carbons (Fsp3) is 0.759. The van der Waals surface area contributed by atoms with E-state index in [0.717, 1.165) is 62.0 Å². The molecule has 5 heteroatoms. The van der Waals surface area contributed by atoms with E-state index >= 15 is 0 Å². The van der Waals surface area contributed by atoms with Gasteiger partial charge in [-0.25, -0.2) is 8.78 Å². The Labute approximate surface area is 203 Å². The molecule has 3 fully saturated rings. The largest absolute Gasteiger partial charge is 0.423 e. The van der Waals surface area contributed by atoms with Gasteiger partial charge in [0.05, 0.1) is 5.92 Å². The molecular weight excluding hydrogens is 437 g/mol. The van der Waals surface area contributed by atoms with E-state index < -0.39 is 29.2 Å². The molecule has 1 aromatic carbocycles. The van der Waals surface area contributed by atoms with Gasteiger partial charge in [-0.2, -0.15) is 4.39 Å². The molecule has 0 aromatic heterocycles. The summed E-state index contributed by atoms with van der Waals surface area (Å²) in [4.78, 5) is 12.9. The lowest BCUT2D eigenvalue weighted by molar-refractivity contribution is -0.144. The first-order valence-electron chi connectivity index (χ1n) is 13.8. The van der Waals surface area contributed by atoms with Gasteiger partial charge in [0.15, 0.2) is 17.4 Å². The molecule has 0 aliphatic heterocycles. The molecule has 2 nitrogen and oxygen atoms in total. The van der Waals surface area contributed by atoms with Crippen molar-refractivity contribution in [2.24, 2.45) is 35.5 Å². The summed E-state index contributed by atoms with van der Waals surface area (Å²) >= 11 is 0. The lowest BCUT2D eigenvalue weighted by Gasteiger charge is -2.46. The van der Waals surface area contributed by atoms with Crippen LogP contribution in [0.1, 0.15) is 103 Å². The van der Waals surface area contributed by atoms with Crippen molar-refractivity contribution in [2.45, 2.75) is 103 Å². The summed E-state index contributed by atoms with van der Waals surface area (Å²) in [6.45, 7) is 2.27. The highest BCUT2D eigenvalue weighted by molar-refractivity contribution is 5.75. The Balaban J connectivity index is 1.28. The van der Waals surface area contributed by atoms with Crippen LogP contribution in [0.15, 0.2) is 12.1 Å². The van der Waals surface area contributed by atoms with Crippen molar-refractivity contribution in [2.75, 3.05) is 0 Å². The normalized spacial score (nSPS) is 31.6. The van der Waals surface area contributed by atoms with Crippen LogP contribution in [-0.2, 0) is 4.79 Å². The predicted octanol–water partition coefficient (Wildman–Crippen LogP) is 8.62. The van der Waals surface area contributed by atoms with Crippen molar-refractivity contribution < 1.29 is 22.7 Å². The number of fused-ring (bicyclic) bond motifs is 1. The third kappa shape index (κ3) is 5.99. The Morgan fingerprint density at radius 3 is 2.38 bits per heavy atom. The van der Waals surface area contributed by atoms with Crippen LogP contribution in [0.4, 0.5) is 13.2 Å². The van der Waals surface area contributed by atoms with Crippen LogP contribution in [0.25, 0.3) is 0 Å². The monoisotopic (exact) mass is 478 g/mol. The van der Waals surface area contributed by atoms with Crippen molar-refractivity contribution in [3.05, 3.63) is 29.6 Å². The molecule has 190 valence electrons. The van der Waals surface area contributed by atoms with E-state index in [2.05, 4.69) is 6.92 Å². The van der Waals surface area contributed by atoms with Gasteiger partial charge in [0.25, 0.3) is 0 Å².